The standard InChI is InChI=1S/C17H19FN2O4S/c1-12-11-13(3-8-16(12)20-25(2,22)23)17(21)19-9-10-24-15-6-4-14(18)5-7-15/h3-8,11,20H,9-10H2,1-2H3,(H,19,21). The van der Waals surface area contributed by atoms with Crippen LogP contribution in [0.2, 0.25) is 0 Å². The fourth-order valence-corrected chi connectivity index (χ4v) is 2.71. The monoisotopic (exact) mass is 366 g/mol. The van der Waals surface area contributed by atoms with Crippen molar-refractivity contribution in [2.75, 3.05) is 24.1 Å². The van der Waals surface area contributed by atoms with Gasteiger partial charge in [-0.2, -0.15) is 0 Å². The number of hydrogen-bond donors (Lipinski definition) is 2. The molecule has 2 rings (SSSR count). The summed E-state index contributed by atoms with van der Waals surface area (Å²) in [5.74, 6) is -0.121. The number of aryl methyl sites for hydroxylation is 1. The molecule has 1 amide bonds. The predicted octanol–water partition coefficient (Wildman–Crippen LogP) is 2.31. The van der Waals surface area contributed by atoms with E-state index in [2.05, 4.69) is 10.0 Å². The van der Waals surface area contributed by atoms with Gasteiger partial charge in [-0.05, 0) is 55.0 Å². The first-order valence-electron chi connectivity index (χ1n) is 7.49. The maximum atomic E-state index is 12.8. The number of nitrogens with one attached hydrogen (secondary N) is 2. The summed E-state index contributed by atoms with van der Waals surface area (Å²) in [7, 11) is -3.37. The van der Waals surface area contributed by atoms with Gasteiger partial charge in [0.1, 0.15) is 18.2 Å². The molecule has 0 unspecified atom stereocenters. The lowest BCUT2D eigenvalue weighted by Crippen LogP contribution is -2.28. The Balaban J connectivity index is 1.86. The molecule has 2 aromatic carbocycles. The Bertz CT molecular complexity index is 851. The number of amides is 1. The van der Waals surface area contributed by atoms with E-state index in [4.69, 9.17) is 4.74 Å². The summed E-state index contributed by atoms with van der Waals surface area (Å²) in [6, 6.07) is 10.3. The van der Waals surface area contributed by atoms with Gasteiger partial charge in [0, 0.05) is 5.56 Å². The quantitative estimate of drug-likeness (QED) is 0.737. The number of benzene rings is 2. The third-order valence-electron chi connectivity index (χ3n) is 3.25. The third kappa shape index (κ3) is 6.07. The number of rotatable bonds is 7. The van der Waals surface area contributed by atoms with Crippen LogP contribution in [0.3, 0.4) is 0 Å². The Morgan fingerprint density at radius 2 is 1.84 bits per heavy atom. The Labute approximate surface area is 146 Å². The lowest BCUT2D eigenvalue weighted by Gasteiger charge is -2.11. The largest absolute Gasteiger partial charge is 0.492 e. The minimum Gasteiger partial charge on any atom is -0.492 e. The van der Waals surface area contributed by atoms with Crippen LogP contribution in [0, 0.1) is 12.7 Å². The Kier molecular flexibility index (Phi) is 5.97. The Hall–Kier alpha value is -2.61. The number of halogens is 1. The number of sulfonamides is 1. The molecule has 0 atom stereocenters. The Morgan fingerprint density at radius 1 is 1.16 bits per heavy atom. The molecule has 2 N–H and O–H groups in total. The highest BCUT2D eigenvalue weighted by Crippen LogP contribution is 2.17. The van der Waals surface area contributed by atoms with E-state index in [9.17, 15) is 17.6 Å². The molecule has 0 aliphatic rings. The molecular weight excluding hydrogens is 347 g/mol. The summed E-state index contributed by atoms with van der Waals surface area (Å²) in [6.07, 6.45) is 1.06. The fourth-order valence-electron chi connectivity index (χ4n) is 2.09. The number of hydrogen-bond acceptors (Lipinski definition) is 4. The van der Waals surface area contributed by atoms with E-state index in [1.54, 1.807) is 19.1 Å². The van der Waals surface area contributed by atoms with Crippen molar-refractivity contribution in [2.24, 2.45) is 0 Å². The van der Waals surface area contributed by atoms with Crippen LogP contribution in [0.4, 0.5) is 10.1 Å². The first-order valence-corrected chi connectivity index (χ1v) is 9.39. The first kappa shape index (κ1) is 18.7. The van der Waals surface area contributed by atoms with E-state index in [0.29, 0.717) is 22.6 Å². The van der Waals surface area contributed by atoms with Crippen LogP contribution in [-0.4, -0.2) is 33.7 Å². The molecule has 0 radical (unpaired) electrons. The summed E-state index contributed by atoms with van der Waals surface area (Å²) < 4.78 is 43.1. The molecule has 6 nitrogen and oxygen atoms in total. The Morgan fingerprint density at radius 3 is 2.44 bits per heavy atom. The van der Waals surface area contributed by atoms with Gasteiger partial charge in [0.15, 0.2) is 0 Å². The van der Waals surface area contributed by atoms with Crippen molar-refractivity contribution in [1.82, 2.24) is 5.32 Å². The van der Waals surface area contributed by atoms with E-state index in [1.807, 2.05) is 0 Å². The predicted molar refractivity (Wildman–Crippen MR) is 93.9 cm³/mol. The van der Waals surface area contributed by atoms with Crippen LogP contribution in [0.25, 0.3) is 0 Å². The molecular formula is C17H19FN2O4S. The molecule has 0 saturated carbocycles. The lowest BCUT2D eigenvalue weighted by molar-refractivity contribution is 0.0947. The minimum absolute atomic E-state index is 0.240. The maximum Gasteiger partial charge on any atom is 0.251 e. The zero-order valence-corrected chi connectivity index (χ0v) is 14.7. The highest BCUT2D eigenvalue weighted by molar-refractivity contribution is 7.92. The molecule has 0 saturated heterocycles. The van der Waals surface area contributed by atoms with Gasteiger partial charge in [-0.15, -0.1) is 0 Å². The van der Waals surface area contributed by atoms with Gasteiger partial charge in [-0.1, -0.05) is 0 Å². The topological polar surface area (TPSA) is 84.5 Å². The first-order chi connectivity index (χ1) is 11.7. The smallest absolute Gasteiger partial charge is 0.251 e. The number of ether oxygens (including phenoxy) is 1. The van der Waals surface area contributed by atoms with Crippen LogP contribution < -0.4 is 14.8 Å². The third-order valence-corrected chi connectivity index (χ3v) is 3.84. The SMILES string of the molecule is Cc1cc(C(=O)NCCOc2ccc(F)cc2)ccc1NS(C)(=O)=O. The van der Waals surface area contributed by atoms with E-state index in [0.717, 1.165) is 6.26 Å². The van der Waals surface area contributed by atoms with E-state index in [-0.39, 0.29) is 24.9 Å². The van der Waals surface area contributed by atoms with Crippen molar-refractivity contribution in [3.63, 3.8) is 0 Å². The van der Waals surface area contributed by atoms with Crippen molar-refractivity contribution < 1.29 is 22.3 Å². The number of anilines is 1. The van der Waals surface area contributed by atoms with E-state index in [1.165, 1.54) is 30.3 Å². The molecule has 0 heterocycles. The average molecular weight is 366 g/mol. The number of carbonyl (C=O) groups excluding carboxylic acids is 1. The molecule has 0 aliphatic heterocycles. The summed E-state index contributed by atoms with van der Waals surface area (Å²) >= 11 is 0. The van der Waals surface area contributed by atoms with Crippen molar-refractivity contribution in [1.29, 1.82) is 0 Å². The van der Waals surface area contributed by atoms with E-state index >= 15 is 0 Å². The normalized spacial score (nSPS) is 11.0. The second-order valence-corrected chi connectivity index (χ2v) is 7.21. The minimum atomic E-state index is -3.37. The second-order valence-electron chi connectivity index (χ2n) is 5.46. The molecule has 25 heavy (non-hydrogen) atoms. The van der Waals surface area contributed by atoms with Gasteiger partial charge < -0.3 is 10.1 Å². The van der Waals surface area contributed by atoms with Gasteiger partial charge in [0.2, 0.25) is 10.0 Å². The van der Waals surface area contributed by atoms with Gasteiger partial charge in [-0.3, -0.25) is 9.52 Å². The average Bonchev–Trinajstić information content (AvgIpc) is 2.53. The summed E-state index contributed by atoms with van der Waals surface area (Å²) in [6.45, 7) is 2.23. The van der Waals surface area contributed by atoms with Crippen LogP contribution in [-0.2, 0) is 10.0 Å². The molecule has 8 heteroatoms. The van der Waals surface area contributed by atoms with Gasteiger partial charge >= 0.3 is 0 Å². The fraction of sp³-hybridized carbons (Fsp3) is 0.235. The van der Waals surface area contributed by atoms with Crippen LogP contribution in [0.15, 0.2) is 42.5 Å². The summed E-state index contributed by atoms with van der Waals surface area (Å²) in [5.41, 5.74) is 1.48. The summed E-state index contributed by atoms with van der Waals surface area (Å²) in [4.78, 5) is 12.1. The molecule has 0 fully saturated rings. The molecule has 134 valence electrons. The molecule has 0 bridgehead atoms. The van der Waals surface area contributed by atoms with Gasteiger partial charge in [0.25, 0.3) is 5.91 Å². The van der Waals surface area contributed by atoms with Crippen LogP contribution >= 0.6 is 0 Å². The highest BCUT2D eigenvalue weighted by atomic mass is 32.2. The zero-order valence-electron chi connectivity index (χ0n) is 13.9. The molecule has 2 aromatic rings. The zero-order chi connectivity index (χ0) is 18.4. The lowest BCUT2D eigenvalue weighted by atomic mass is 10.1. The van der Waals surface area contributed by atoms with Crippen molar-refractivity contribution in [3.8, 4) is 5.75 Å². The van der Waals surface area contributed by atoms with Crippen molar-refractivity contribution >= 4 is 21.6 Å². The van der Waals surface area contributed by atoms with Crippen LogP contribution in [0.1, 0.15) is 15.9 Å². The van der Waals surface area contributed by atoms with Crippen LogP contribution in [0.5, 0.6) is 5.75 Å². The molecule has 0 spiro atoms. The maximum absolute atomic E-state index is 12.8. The summed E-state index contributed by atoms with van der Waals surface area (Å²) in [5, 5.41) is 2.70. The molecule has 0 aliphatic carbocycles. The van der Waals surface area contributed by atoms with E-state index < -0.39 is 10.0 Å². The second kappa shape index (κ2) is 7.98. The van der Waals surface area contributed by atoms with Gasteiger partial charge in [-0.25, -0.2) is 12.8 Å². The van der Waals surface area contributed by atoms with Crippen molar-refractivity contribution in [3.05, 3.63) is 59.4 Å². The van der Waals surface area contributed by atoms with Gasteiger partial charge in [0.05, 0.1) is 18.5 Å². The van der Waals surface area contributed by atoms with Crippen molar-refractivity contribution in [2.45, 2.75) is 6.92 Å². The highest BCUT2D eigenvalue weighted by Gasteiger charge is 2.09. The molecule has 0 aromatic heterocycles. The number of carbonyl (C=O) groups is 1.